The molecule has 0 spiro atoms. The van der Waals surface area contributed by atoms with Crippen molar-refractivity contribution in [3.05, 3.63) is 29.8 Å². The van der Waals surface area contributed by atoms with Crippen LogP contribution in [0, 0.1) is 0 Å². The quantitative estimate of drug-likeness (QED) is 0.617. The van der Waals surface area contributed by atoms with Crippen molar-refractivity contribution in [2.45, 2.75) is 6.92 Å². The van der Waals surface area contributed by atoms with Gasteiger partial charge in [-0.1, -0.05) is 0 Å². The summed E-state index contributed by atoms with van der Waals surface area (Å²) in [5, 5.41) is 3.20. The number of amides is 1. The number of carbonyl (C=O) groups excluding carboxylic acids is 2. The SMILES string of the molecule is CC(=O)Oc1ccc(C(=O)N2CCNCC2)cc1. The van der Waals surface area contributed by atoms with Crippen molar-refractivity contribution in [3.8, 4) is 5.75 Å². The van der Waals surface area contributed by atoms with Gasteiger partial charge in [-0.3, -0.25) is 9.59 Å². The number of ether oxygens (including phenoxy) is 1. The molecule has 0 atom stereocenters. The molecule has 1 aromatic rings. The van der Waals surface area contributed by atoms with E-state index in [9.17, 15) is 9.59 Å². The molecule has 0 bridgehead atoms. The third kappa shape index (κ3) is 3.07. The van der Waals surface area contributed by atoms with Crippen molar-refractivity contribution in [1.82, 2.24) is 10.2 Å². The van der Waals surface area contributed by atoms with Gasteiger partial charge in [0.25, 0.3) is 5.91 Å². The molecule has 1 aliphatic rings. The number of nitrogens with one attached hydrogen (secondary N) is 1. The van der Waals surface area contributed by atoms with Gasteiger partial charge in [0.15, 0.2) is 0 Å². The van der Waals surface area contributed by atoms with Gasteiger partial charge >= 0.3 is 5.97 Å². The van der Waals surface area contributed by atoms with Gasteiger partial charge in [-0.25, -0.2) is 0 Å². The van der Waals surface area contributed by atoms with Crippen LogP contribution in [0.2, 0.25) is 0 Å². The Morgan fingerprint density at radius 3 is 2.33 bits per heavy atom. The first kappa shape index (κ1) is 12.6. The Bertz CT molecular complexity index is 436. The van der Waals surface area contributed by atoms with Crippen molar-refractivity contribution < 1.29 is 14.3 Å². The summed E-state index contributed by atoms with van der Waals surface area (Å²) in [4.78, 5) is 24.7. The number of piperazine rings is 1. The van der Waals surface area contributed by atoms with E-state index in [-0.39, 0.29) is 11.9 Å². The maximum Gasteiger partial charge on any atom is 0.308 e. The van der Waals surface area contributed by atoms with E-state index < -0.39 is 0 Å². The average molecular weight is 248 g/mol. The zero-order chi connectivity index (χ0) is 13.0. The highest BCUT2D eigenvalue weighted by Crippen LogP contribution is 2.14. The molecule has 0 unspecified atom stereocenters. The number of carbonyl (C=O) groups is 2. The van der Waals surface area contributed by atoms with Gasteiger partial charge in [-0.15, -0.1) is 0 Å². The highest BCUT2D eigenvalue weighted by atomic mass is 16.5. The van der Waals surface area contributed by atoms with Gasteiger partial charge < -0.3 is 15.0 Å². The van der Waals surface area contributed by atoms with Crippen molar-refractivity contribution in [2.24, 2.45) is 0 Å². The van der Waals surface area contributed by atoms with Crippen LogP contribution < -0.4 is 10.1 Å². The average Bonchev–Trinajstić information content (AvgIpc) is 2.39. The molecule has 1 heterocycles. The molecule has 1 aliphatic heterocycles. The van der Waals surface area contributed by atoms with E-state index >= 15 is 0 Å². The standard InChI is InChI=1S/C13H16N2O3/c1-10(16)18-12-4-2-11(3-5-12)13(17)15-8-6-14-7-9-15/h2-5,14H,6-9H2,1H3. The van der Waals surface area contributed by atoms with E-state index in [0.29, 0.717) is 11.3 Å². The first-order valence-electron chi connectivity index (χ1n) is 5.95. The van der Waals surface area contributed by atoms with Crippen LogP contribution in [0.3, 0.4) is 0 Å². The summed E-state index contributed by atoms with van der Waals surface area (Å²) >= 11 is 0. The summed E-state index contributed by atoms with van der Waals surface area (Å²) in [6.45, 7) is 4.46. The Hall–Kier alpha value is -1.88. The summed E-state index contributed by atoms with van der Waals surface area (Å²) < 4.78 is 4.92. The molecule has 0 aliphatic carbocycles. The summed E-state index contributed by atoms with van der Waals surface area (Å²) in [5.74, 6) is 0.112. The minimum absolute atomic E-state index is 0.0193. The lowest BCUT2D eigenvalue weighted by Crippen LogP contribution is -2.46. The van der Waals surface area contributed by atoms with Crippen LogP contribution in [0.5, 0.6) is 5.75 Å². The van der Waals surface area contributed by atoms with Crippen molar-refractivity contribution in [3.63, 3.8) is 0 Å². The second-order valence-corrected chi connectivity index (χ2v) is 4.16. The summed E-state index contributed by atoms with van der Waals surface area (Å²) in [6, 6.07) is 6.64. The zero-order valence-corrected chi connectivity index (χ0v) is 10.3. The molecular weight excluding hydrogens is 232 g/mol. The van der Waals surface area contributed by atoms with Crippen LogP contribution >= 0.6 is 0 Å². The van der Waals surface area contributed by atoms with Gasteiger partial charge in [0.05, 0.1) is 0 Å². The molecule has 0 aromatic heterocycles. The highest BCUT2D eigenvalue weighted by molar-refractivity contribution is 5.94. The topological polar surface area (TPSA) is 58.6 Å². The highest BCUT2D eigenvalue weighted by Gasteiger charge is 2.17. The summed E-state index contributed by atoms with van der Waals surface area (Å²) in [7, 11) is 0. The van der Waals surface area contributed by atoms with E-state index in [2.05, 4.69) is 5.32 Å². The number of hydrogen-bond donors (Lipinski definition) is 1. The summed E-state index contributed by atoms with van der Waals surface area (Å²) in [5.41, 5.74) is 0.618. The largest absolute Gasteiger partial charge is 0.427 e. The van der Waals surface area contributed by atoms with Crippen LogP contribution in [0.1, 0.15) is 17.3 Å². The van der Waals surface area contributed by atoms with E-state index in [0.717, 1.165) is 26.2 Å². The smallest absolute Gasteiger partial charge is 0.308 e. The monoisotopic (exact) mass is 248 g/mol. The maximum atomic E-state index is 12.1. The van der Waals surface area contributed by atoms with E-state index in [1.54, 1.807) is 24.3 Å². The fourth-order valence-corrected chi connectivity index (χ4v) is 1.88. The van der Waals surface area contributed by atoms with E-state index in [1.807, 2.05) is 4.90 Å². The minimum Gasteiger partial charge on any atom is -0.427 e. The zero-order valence-electron chi connectivity index (χ0n) is 10.3. The first-order valence-corrected chi connectivity index (χ1v) is 5.95. The van der Waals surface area contributed by atoms with Crippen LogP contribution in [-0.4, -0.2) is 43.0 Å². The molecule has 2 rings (SSSR count). The van der Waals surface area contributed by atoms with Gasteiger partial charge in [0.2, 0.25) is 0 Å². The molecule has 96 valence electrons. The molecule has 1 amide bonds. The molecular formula is C13H16N2O3. The predicted octanol–water partition coefficient (Wildman–Crippen LogP) is 0.657. The predicted molar refractivity (Wildman–Crippen MR) is 66.5 cm³/mol. The number of nitrogens with zero attached hydrogens (tertiary/aromatic N) is 1. The molecule has 0 radical (unpaired) electrons. The third-order valence-electron chi connectivity index (χ3n) is 2.77. The molecule has 1 N–H and O–H groups in total. The van der Waals surface area contributed by atoms with Crippen LogP contribution in [0.4, 0.5) is 0 Å². The van der Waals surface area contributed by atoms with Crippen LogP contribution in [0.15, 0.2) is 24.3 Å². The first-order chi connectivity index (χ1) is 8.66. The molecule has 0 saturated carbocycles. The van der Waals surface area contributed by atoms with E-state index in [1.165, 1.54) is 6.92 Å². The lowest BCUT2D eigenvalue weighted by molar-refractivity contribution is -0.131. The maximum absolute atomic E-state index is 12.1. The fraction of sp³-hybridized carbons (Fsp3) is 0.385. The number of hydrogen-bond acceptors (Lipinski definition) is 4. The number of rotatable bonds is 2. The fourth-order valence-electron chi connectivity index (χ4n) is 1.88. The molecule has 18 heavy (non-hydrogen) atoms. The Kier molecular flexibility index (Phi) is 3.94. The molecule has 1 fully saturated rings. The van der Waals surface area contributed by atoms with Gasteiger partial charge in [-0.2, -0.15) is 0 Å². The van der Waals surface area contributed by atoms with Gasteiger partial charge in [0, 0.05) is 38.7 Å². The lowest BCUT2D eigenvalue weighted by Gasteiger charge is -2.27. The normalized spacial score (nSPS) is 15.3. The van der Waals surface area contributed by atoms with Crippen LogP contribution in [-0.2, 0) is 4.79 Å². The molecule has 5 heteroatoms. The number of esters is 1. The lowest BCUT2D eigenvalue weighted by atomic mass is 10.2. The Morgan fingerprint density at radius 1 is 1.17 bits per heavy atom. The van der Waals surface area contributed by atoms with Crippen molar-refractivity contribution >= 4 is 11.9 Å². The van der Waals surface area contributed by atoms with Gasteiger partial charge in [-0.05, 0) is 24.3 Å². The Morgan fingerprint density at radius 2 is 1.78 bits per heavy atom. The minimum atomic E-state index is -0.365. The molecule has 1 aromatic carbocycles. The Balaban J connectivity index is 2.04. The second-order valence-electron chi connectivity index (χ2n) is 4.16. The number of benzene rings is 1. The van der Waals surface area contributed by atoms with Crippen LogP contribution in [0.25, 0.3) is 0 Å². The van der Waals surface area contributed by atoms with Crippen molar-refractivity contribution in [1.29, 1.82) is 0 Å². The van der Waals surface area contributed by atoms with E-state index in [4.69, 9.17) is 4.74 Å². The second kappa shape index (κ2) is 5.64. The van der Waals surface area contributed by atoms with Crippen molar-refractivity contribution in [2.75, 3.05) is 26.2 Å². The third-order valence-corrected chi connectivity index (χ3v) is 2.77. The molecule has 1 saturated heterocycles. The molecule has 5 nitrogen and oxygen atoms in total. The van der Waals surface area contributed by atoms with Gasteiger partial charge in [0.1, 0.15) is 5.75 Å². The summed E-state index contributed by atoms with van der Waals surface area (Å²) in [6.07, 6.45) is 0. The Labute approximate surface area is 106 Å².